The van der Waals surface area contributed by atoms with Crippen LogP contribution in [0.1, 0.15) is 33.2 Å². The highest BCUT2D eigenvalue weighted by molar-refractivity contribution is 5.99. The Labute approximate surface area is 97.3 Å². The number of ether oxygens (including phenoxy) is 1. The van der Waals surface area contributed by atoms with Crippen LogP contribution >= 0.6 is 0 Å². The molecular formula is C11H11NO5. The molecule has 6 heteroatoms. The maximum atomic E-state index is 11.5. The average Bonchev–Trinajstić information content (AvgIpc) is 2.28. The number of aryl methyl sites for hydroxylation is 1. The van der Waals surface area contributed by atoms with Crippen LogP contribution in [0.5, 0.6) is 0 Å². The van der Waals surface area contributed by atoms with E-state index >= 15 is 0 Å². The van der Waals surface area contributed by atoms with Crippen LogP contribution in [0.15, 0.2) is 12.1 Å². The van der Waals surface area contributed by atoms with Gasteiger partial charge in [0.05, 0.1) is 17.1 Å². The first-order valence-corrected chi connectivity index (χ1v) is 4.92. The first-order chi connectivity index (χ1) is 8.01. The summed E-state index contributed by atoms with van der Waals surface area (Å²) in [5, 5.41) is 10.7. The van der Waals surface area contributed by atoms with Gasteiger partial charge in [-0.2, -0.15) is 0 Å². The minimum absolute atomic E-state index is 0.0410. The molecule has 0 aromatic heterocycles. The van der Waals surface area contributed by atoms with Gasteiger partial charge < -0.3 is 4.74 Å². The Bertz CT molecular complexity index is 481. The molecule has 0 bridgehead atoms. The number of hydrogen-bond donors (Lipinski definition) is 0. The van der Waals surface area contributed by atoms with Crippen LogP contribution in [0.2, 0.25) is 0 Å². The summed E-state index contributed by atoms with van der Waals surface area (Å²) >= 11 is 0. The SMILES string of the molecule is CCOC(=O)c1cc(C)c([N+](=O)[O-])cc1C=O. The predicted molar refractivity (Wildman–Crippen MR) is 59.2 cm³/mol. The van der Waals surface area contributed by atoms with Gasteiger partial charge in [-0.25, -0.2) is 4.79 Å². The second-order valence-corrected chi connectivity index (χ2v) is 3.32. The minimum atomic E-state index is -0.660. The lowest BCUT2D eigenvalue weighted by Gasteiger charge is -2.06. The number of carbonyl (C=O) groups excluding carboxylic acids is 2. The Hall–Kier alpha value is -2.24. The minimum Gasteiger partial charge on any atom is -0.462 e. The van der Waals surface area contributed by atoms with Crippen LogP contribution in [0, 0.1) is 17.0 Å². The van der Waals surface area contributed by atoms with Gasteiger partial charge >= 0.3 is 5.97 Å². The summed E-state index contributed by atoms with van der Waals surface area (Å²) in [6, 6.07) is 2.37. The molecule has 0 saturated carbocycles. The zero-order valence-corrected chi connectivity index (χ0v) is 9.43. The number of aldehydes is 1. The van der Waals surface area contributed by atoms with Gasteiger partial charge in [0.15, 0.2) is 6.29 Å². The van der Waals surface area contributed by atoms with Crippen LogP contribution < -0.4 is 0 Å². The van der Waals surface area contributed by atoms with E-state index in [1.165, 1.54) is 13.0 Å². The smallest absolute Gasteiger partial charge is 0.338 e. The number of benzene rings is 1. The average molecular weight is 237 g/mol. The number of nitro benzene ring substituents is 1. The molecule has 0 aliphatic rings. The third-order valence-electron chi connectivity index (χ3n) is 2.19. The third kappa shape index (κ3) is 2.66. The molecule has 0 aliphatic carbocycles. The van der Waals surface area contributed by atoms with Crippen molar-refractivity contribution in [1.29, 1.82) is 0 Å². The molecule has 17 heavy (non-hydrogen) atoms. The summed E-state index contributed by atoms with van der Waals surface area (Å²) in [7, 11) is 0. The van der Waals surface area contributed by atoms with Gasteiger partial charge in [0.2, 0.25) is 0 Å². The molecule has 1 aromatic carbocycles. The normalized spacial score (nSPS) is 9.76. The Kier molecular flexibility index (Phi) is 3.92. The molecule has 0 unspecified atom stereocenters. The van der Waals surface area contributed by atoms with Crippen molar-refractivity contribution >= 4 is 17.9 Å². The van der Waals surface area contributed by atoms with E-state index in [4.69, 9.17) is 4.74 Å². The van der Waals surface area contributed by atoms with E-state index in [0.717, 1.165) is 6.07 Å². The summed E-state index contributed by atoms with van der Waals surface area (Å²) < 4.78 is 4.76. The van der Waals surface area contributed by atoms with Crippen molar-refractivity contribution in [3.05, 3.63) is 38.9 Å². The Morgan fingerprint density at radius 1 is 1.53 bits per heavy atom. The quantitative estimate of drug-likeness (QED) is 0.345. The lowest BCUT2D eigenvalue weighted by Crippen LogP contribution is -2.09. The second kappa shape index (κ2) is 5.20. The number of nitrogens with zero attached hydrogens (tertiary/aromatic N) is 1. The first-order valence-electron chi connectivity index (χ1n) is 4.92. The van der Waals surface area contributed by atoms with Gasteiger partial charge in [0, 0.05) is 17.2 Å². The number of hydrogen-bond acceptors (Lipinski definition) is 5. The summed E-state index contributed by atoms with van der Waals surface area (Å²) in [6.45, 7) is 3.30. The molecule has 0 N–H and O–H groups in total. The maximum absolute atomic E-state index is 11.5. The number of carbonyl (C=O) groups is 2. The first kappa shape index (κ1) is 12.8. The van der Waals surface area contributed by atoms with Crippen LogP contribution in [0.4, 0.5) is 5.69 Å². The lowest BCUT2D eigenvalue weighted by atomic mass is 10.0. The fourth-order valence-corrected chi connectivity index (χ4v) is 1.39. The van der Waals surface area contributed by atoms with E-state index < -0.39 is 10.9 Å². The van der Waals surface area contributed by atoms with E-state index in [9.17, 15) is 19.7 Å². The molecule has 0 atom stereocenters. The summed E-state index contributed by atoms with van der Waals surface area (Å²) in [6.07, 6.45) is 0.401. The van der Waals surface area contributed by atoms with Crippen molar-refractivity contribution in [1.82, 2.24) is 0 Å². The van der Waals surface area contributed by atoms with Gasteiger partial charge in [0.1, 0.15) is 0 Å². The van der Waals surface area contributed by atoms with Crippen LogP contribution in [0.3, 0.4) is 0 Å². The molecule has 0 amide bonds. The van der Waals surface area contributed by atoms with Crippen molar-refractivity contribution in [2.24, 2.45) is 0 Å². The standard InChI is InChI=1S/C11H11NO5/c1-3-17-11(14)9-4-7(2)10(12(15)16)5-8(9)6-13/h4-6H,3H2,1-2H3. The van der Waals surface area contributed by atoms with Crippen LogP contribution in [0.25, 0.3) is 0 Å². The van der Waals surface area contributed by atoms with Crippen molar-refractivity contribution in [2.45, 2.75) is 13.8 Å². The zero-order valence-electron chi connectivity index (χ0n) is 9.43. The fraction of sp³-hybridized carbons (Fsp3) is 0.273. The molecule has 6 nitrogen and oxygen atoms in total. The van der Waals surface area contributed by atoms with Gasteiger partial charge in [-0.3, -0.25) is 14.9 Å². The van der Waals surface area contributed by atoms with Crippen LogP contribution in [-0.2, 0) is 4.74 Å². The largest absolute Gasteiger partial charge is 0.462 e. The zero-order chi connectivity index (χ0) is 13.0. The molecule has 1 aromatic rings. The molecule has 0 heterocycles. The van der Waals surface area contributed by atoms with E-state index in [0.29, 0.717) is 11.8 Å². The molecule has 0 radical (unpaired) electrons. The number of esters is 1. The number of nitro groups is 1. The van der Waals surface area contributed by atoms with Gasteiger partial charge in [-0.15, -0.1) is 0 Å². The molecule has 0 fully saturated rings. The molecule has 0 aliphatic heterocycles. The molecule has 0 saturated heterocycles. The Morgan fingerprint density at radius 2 is 2.18 bits per heavy atom. The van der Waals surface area contributed by atoms with E-state index in [-0.39, 0.29) is 23.4 Å². The summed E-state index contributed by atoms with van der Waals surface area (Å²) in [5.74, 6) is -0.660. The molecule has 0 spiro atoms. The van der Waals surface area contributed by atoms with Gasteiger partial charge in [-0.1, -0.05) is 0 Å². The summed E-state index contributed by atoms with van der Waals surface area (Å²) in [4.78, 5) is 32.4. The van der Waals surface area contributed by atoms with Crippen molar-refractivity contribution in [2.75, 3.05) is 6.61 Å². The van der Waals surface area contributed by atoms with Gasteiger partial charge in [0.25, 0.3) is 5.69 Å². The van der Waals surface area contributed by atoms with E-state index in [1.54, 1.807) is 6.92 Å². The molecule has 1 rings (SSSR count). The summed E-state index contributed by atoms with van der Waals surface area (Å²) in [5.41, 5.74) is 0.120. The highest BCUT2D eigenvalue weighted by Crippen LogP contribution is 2.22. The molecule has 90 valence electrons. The predicted octanol–water partition coefficient (Wildman–Crippen LogP) is 1.89. The monoisotopic (exact) mass is 237 g/mol. The van der Waals surface area contributed by atoms with Crippen molar-refractivity contribution in [3.63, 3.8) is 0 Å². The highest BCUT2D eigenvalue weighted by Gasteiger charge is 2.19. The van der Waals surface area contributed by atoms with Crippen molar-refractivity contribution in [3.8, 4) is 0 Å². The maximum Gasteiger partial charge on any atom is 0.338 e. The topological polar surface area (TPSA) is 86.5 Å². The Morgan fingerprint density at radius 3 is 2.65 bits per heavy atom. The molecular weight excluding hydrogens is 226 g/mol. The van der Waals surface area contributed by atoms with E-state index in [2.05, 4.69) is 0 Å². The van der Waals surface area contributed by atoms with Crippen molar-refractivity contribution < 1.29 is 19.2 Å². The number of rotatable bonds is 4. The highest BCUT2D eigenvalue weighted by atomic mass is 16.6. The lowest BCUT2D eigenvalue weighted by molar-refractivity contribution is -0.385. The Balaban J connectivity index is 3.33. The van der Waals surface area contributed by atoms with E-state index in [1.807, 2.05) is 0 Å². The van der Waals surface area contributed by atoms with Crippen LogP contribution in [-0.4, -0.2) is 23.8 Å². The second-order valence-electron chi connectivity index (χ2n) is 3.32. The van der Waals surface area contributed by atoms with Gasteiger partial charge in [-0.05, 0) is 19.9 Å². The third-order valence-corrected chi connectivity index (χ3v) is 2.19. The fourth-order valence-electron chi connectivity index (χ4n) is 1.39.